The van der Waals surface area contributed by atoms with Gasteiger partial charge in [0.25, 0.3) is 5.91 Å². The third-order valence-electron chi connectivity index (χ3n) is 4.61. The first-order valence-electron chi connectivity index (χ1n) is 10.4. The number of imidazole rings is 1. The van der Waals surface area contributed by atoms with E-state index in [1.807, 2.05) is 10.8 Å². The SMILES string of the molecule is COc1nc(NCc2nccn2COCC[Si](C)(C)C)nc(OC)c1NC(=O)c1csc(Br)n1. The second kappa shape index (κ2) is 11.7. The molecule has 14 heteroatoms. The summed E-state index contributed by atoms with van der Waals surface area (Å²) in [5.74, 6) is 0.891. The summed E-state index contributed by atoms with van der Waals surface area (Å²) >= 11 is 4.55. The van der Waals surface area contributed by atoms with Gasteiger partial charge in [-0.1, -0.05) is 19.6 Å². The molecule has 0 unspecified atom stereocenters. The molecule has 0 aliphatic rings. The molecule has 0 saturated carbocycles. The molecule has 0 aromatic carbocycles. The number of nitrogens with one attached hydrogen (secondary N) is 2. The van der Waals surface area contributed by atoms with Gasteiger partial charge in [-0.3, -0.25) is 4.79 Å². The van der Waals surface area contributed by atoms with Gasteiger partial charge in [-0.15, -0.1) is 11.3 Å². The third kappa shape index (κ3) is 7.22. The Balaban J connectivity index is 1.67. The molecular formula is C20H28BrN7O4SSi. The zero-order valence-corrected chi connectivity index (χ0v) is 23.1. The fraction of sp³-hybridized carbons (Fsp3) is 0.450. The van der Waals surface area contributed by atoms with Crippen molar-refractivity contribution in [3.63, 3.8) is 0 Å². The van der Waals surface area contributed by atoms with E-state index in [0.29, 0.717) is 17.2 Å². The van der Waals surface area contributed by atoms with Crippen LogP contribution in [0.1, 0.15) is 16.3 Å². The van der Waals surface area contributed by atoms with Crippen LogP contribution < -0.4 is 20.1 Å². The van der Waals surface area contributed by atoms with Crippen molar-refractivity contribution in [1.29, 1.82) is 0 Å². The number of nitrogens with zero attached hydrogens (tertiary/aromatic N) is 5. The Morgan fingerprint density at radius 1 is 1.18 bits per heavy atom. The highest BCUT2D eigenvalue weighted by Gasteiger charge is 2.21. The van der Waals surface area contributed by atoms with Crippen molar-refractivity contribution in [2.45, 2.75) is 39.0 Å². The van der Waals surface area contributed by atoms with E-state index in [-0.39, 0.29) is 29.1 Å². The lowest BCUT2D eigenvalue weighted by Gasteiger charge is -2.16. The molecule has 0 aliphatic heterocycles. The zero-order valence-electron chi connectivity index (χ0n) is 19.7. The molecule has 11 nitrogen and oxygen atoms in total. The average Bonchev–Trinajstić information content (AvgIpc) is 3.43. The number of carbonyl (C=O) groups is 1. The maximum absolute atomic E-state index is 12.5. The van der Waals surface area contributed by atoms with Gasteiger partial charge in [0.1, 0.15) is 18.2 Å². The summed E-state index contributed by atoms with van der Waals surface area (Å²) in [5, 5.41) is 7.46. The molecule has 3 heterocycles. The summed E-state index contributed by atoms with van der Waals surface area (Å²) in [6.45, 7) is 8.46. The maximum Gasteiger partial charge on any atom is 0.275 e. The largest absolute Gasteiger partial charge is 0.479 e. The van der Waals surface area contributed by atoms with Gasteiger partial charge in [-0.05, 0) is 22.0 Å². The van der Waals surface area contributed by atoms with Crippen LogP contribution in [-0.4, -0.2) is 59.3 Å². The van der Waals surface area contributed by atoms with Crippen LogP contribution in [0.15, 0.2) is 21.7 Å². The molecule has 0 aliphatic carbocycles. The number of hydrogen-bond donors (Lipinski definition) is 2. The van der Waals surface area contributed by atoms with Crippen LogP contribution in [0.5, 0.6) is 11.8 Å². The first kappa shape index (κ1) is 26.1. The molecule has 3 rings (SSSR count). The highest BCUT2D eigenvalue weighted by atomic mass is 79.9. The number of hydrogen-bond acceptors (Lipinski definition) is 10. The topological polar surface area (TPSA) is 125 Å². The van der Waals surface area contributed by atoms with Crippen molar-refractivity contribution in [2.24, 2.45) is 0 Å². The van der Waals surface area contributed by atoms with E-state index in [1.54, 1.807) is 11.6 Å². The van der Waals surface area contributed by atoms with Crippen molar-refractivity contribution in [3.05, 3.63) is 33.2 Å². The molecule has 2 N–H and O–H groups in total. The van der Waals surface area contributed by atoms with Gasteiger partial charge in [-0.2, -0.15) is 9.97 Å². The Hall–Kier alpha value is -2.55. The van der Waals surface area contributed by atoms with Crippen LogP contribution in [0.3, 0.4) is 0 Å². The van der Waals surface area contributed by atoms with E-state index in [0.717, 1.165) is 18.5 Å². The number of aromatic nitrogens is 5. The quantitative estimate of drug-likeness (QED) is 0.245. The van der Waals surface area contributed by atoms with E-state index >= 15 is 0 Å². The lowest BCUT2D eigenvalue weighted by molar-refractivity contribution is 0.0853. The molecule has 3 aromatic heterocycles. The highest BCUT2D eigenvalue weighted by molar-refractivity contribution is 9.11. The molecule has 0 radical (unpaired) electrons. The van der Waals surface area contributed by atoms with Crippen molar-refractivity contribution < 1.29 is 19.0 Å². The minimum absolute atomic E-state index is 0.148. The number of ether oxygens (including phenoxy) is 3. The lowest BCUT2D eigenvalue weighted by Crippen LogP contribution is -2.22. The zero-order chi connectivity index (χ0) is 24.7. The Bertz CT molecular complexity index is 1090. The summed E-state index contributed by atoms with van der Waals surface area (Å²) in [5.41, 5.74) is 0.462. The summed E-state index contributed by atoms with van der Waals surface area (Å²) in [6.07, 6.45) is 3.58. The molecule has 3 aromatic rings. The predicted molar refractivity (Wildman–Crippen MR) is 137 cm³/mol. The number of rotatable bonds is 12. The number of amides is 1. The summed E-state index contributed by atoms with van der Waals surface area (Å²) < 4.78 is 19.1. The van der Waals surface area contributed by atoms with Gasteiger partial charge in [-0.25, -0.2) is 9.97 Å². The van der Waals surface area contributed by atoms with E-state index in [2.05, 4.69) is 66.1 Å². The second-order valence-electron chi connectivity index (χ2n) is 8.40. The van der Waals surface area contributed by atoms with Gasteiger partial charge in [0.15, 0.2) is 9.60 Å². The first-order chi connectivity index (χ1) is 16.2. The minimum atomic E-state index is -1.14. The summed E-state index contributed by atoms with van der Waals surface area (Å²) in [6, 6.07) is 1.10. The second-order valence-corrected chi connectivity index (χ2v) is 16.2. The molecular weight excluding hydrogens is 542 g/mol. The number of halogens is 1. The molecule has 0 spiro atoms. The highest BCUT2D eigenvalue weighted by Crippen LogP contribution is 2.33. The van der Waals surface area contributed by atoms with Gasteiger partial charge in [0, 0.05) is 32.5 Å². The summed E-state index contributed by atoms with van der Waals surface area (Å²) in [4.78, 5) is 29.7. The molecule has 0 saturated heterocycles. The van der Waals surface area contributed by atoms with Crippen LogP contribution in [0.25, 0.3) is 0 Å². The predicted octanol–water partition coefficient (Wildman–Crippen LogP) is 4.09. The number of thiazole rings is 1. The van der Waals surface area contributed by atoms with Crippen LogP contribution in [0.4, 0.5) is 11.6 Å². The Morgan fingerprint density at radius 2 is 1.88 bits per heavy atom. The minimum Gasteiger partial charge on any atom is -0.479 e. The van der Waals surface area contributed by atoms with Crippen molar-refractivity contribution in [1.82, 2.24) is 24.5 Å². The maximum atomic E-state index is 12.5. The lowest BCUT2D eigenvalue weighted by atomic mass is 10.4. The van der Waals surface area contributed by atoms with E-state index in [1.165, 1.54) is 25.6 Å². The first-order valence-corrected chi connectivity index (χ1v) is 15.8. The molecule has 1 amide bonds. The van der Waals surface area contributed by atoms with Crippen molar-refractivity contribution in [2.75, 3.05) is 31.5 Å². The van der Waals surface area contributed by atoms with Crippen molar-refractivity contribution in [3.8, 4) is 11.8 Å². The van der Waals surface area contributed by atoms with E-state index < -0.39 is 14.0 Å². The monoisotopic (exact) mass is 569 g/mol. The number of anilines is 2. The molecule has 34 heavy (non-hydrogen) atoms. The number of methoxy groups -OCH3 is 2. The van der Waals surface area contributed by atoms with Crippen LogP contribution in [-0.2, 0) is 18.0 Å². The standard InChI is InChI=1S/C20H28BrN7O4SSi/c1-30-17-15(25-16(29)13-11-33-19(21)24-13)18(31-2)27-20(26-17)23-10-14-22-6-7-28(14)12-32-8-9-34(3,4)5/h6-7,11H,8-10,12H2,1-5H3,(H,25,29)(H,23,26,27). The molecule has 0 bridgehead atoms. The molecule has 184 valence electrons. The average molecular weight is 571 g/mol. The fourth-order valence-corrected chi connectivity index (χ4v) is 4.51. The van der Waals surface area contributed by atoms with Crippen LogP contribution >= 0.6 is 27.3 Å². The summed E-state index contributed by atoms with van der Waals surface area (Å²) in [7, 11) is 1.76. The van der Waals surface area contributed by atoms with Crippen LogP contribution in [0, 0.1) is 0 Å². The fourth-order valence-electron chi connectivity index (χ4n) is 2.76. The van der Waals surface area contributed by atoms with Gasteiger partial charge < -0.3 is 29.4 Å². The van der Waals surface area contributed by atoms with E-state index in [9.17, 15) is 4.79 Å². The third-order valence-corrected chi connectivity index (χ3v) is 7.68. The van der Waals surface area contributed by atoms with Crippen molar-refractivity contribution >= 4 is 52.9 Å². The molecule has 0 atom stereocenters. The van der Waals surface area contributed by atoms with Gasteiger partial charge >= 0.3 is 0 Å². The van der Waals surface area contributed by atoms with Crippen LogP contribution in [0.2, 0.25) is 25.7 Å². The van der Waals surface area contributed by atoms with Gasteiger partial charge in [0.2, 0.25) is 17.7 Å². The number of carbonyl (C=O) groups excluding carboxylic acids is 1. The smallest absolute Gasteiger partial charge is 0.275 e. The van der Waals surface area contributed by atoms with Gasteiger partial charge in [0.05, 0.1) is 20.8 Å². The Kier molecular flexibility index (Phi) is 8.99. The normalized spacial score (nSPS) is 11.4. The Morgan fingerprint density at radius 3 is 2.47 bits per heavy atom. The van der Waals surface area contributed by atoms with E-state index in [4.69, 9.17) is 14.2 Å². The molecule has 0 fully saturated rings. The Labute approximate surface area is 211 Å².